The van der Waals surface area contributed by atoms with Gasteiger partial charge in [-0.1, -0.05) is 18.2 Å². The van der Waals surface area contributed by atoms with Crippen LogP contribution < -0.4 is 10.1 Å². The summed E-state index contributed by atoms with van der Waals surface area (Å²) >= 11 is 0. The molecule has 0 fully saturated rings. The highest BCUT2D eigenvalue weighted by atomic mass is 16.5. The molecule has 20 heavy (non-hydrogen) atoms. The Kier molecular flexibility index (Phi) is 5.86. The van der Waals surface area contributed by atoms with Gasteiger partial charge in [-0.3, -0.25) is 0 Å². The van der Waals surface area contributed by atoms with Crippen LogP contribution in [0.15, 0.2) is 24.3 Å². The number of carbonyl (C=O) groups excluding carboxylic acids is 1. The van der Waals surface area contributed by atoms with Gasteiger partial charge in [0, 0.05) is 18.6 Å². The molecule has 0 aromatic heterocycles. The predicted molar refractivity (Wildman–Crippen MR) is 82.2 cm³/mol. The average molecular weight is 278 g/mol. The summed E-state index contributed by atoms with van der Waals surface area (Å²) in [7, 11) is 1.66. The van der Waals surface area contributed by atoms with Crippen LogP contribution in [0.2, 0.25) is 0 Å². The minimum absolute atomic E-state index is 0.0186. The van der Waals surface area contributed by atoms with Gasteiger partial charge in [0.1, 0.15) is 5.75 Å². The quantitative estimate of drug-likeness (QED) is 0.899. The highest BCUT2D eigenvalue weighted by Gasteiger charge is 2.24. The summed E-state index contributed by atoms with van der Waals surface area (Å²) in [5.74, 6) is 0.866. The molecule has 0 saturated carbocycles. The molecular formula is C16H26N2O2. The van der Waals surface area contributed by atoms with Crippen molar-refractivity contribution in [2.75, 3.05) is 20.2 Å². The molecule has 0 saturated heterocycles. The number of benzene rings is 1. The number of methoxy groups -OCH3 is 1. The number of nitrogens with one attached hydrogen (secondary N) is 1. The van der Waals surface area contributed by atoms with Crippen molar-refractivity contribution in [1.82, 2.24) is 10.2 Å². The van der Waals surface area contributed by atoms with E-state index in [2.05, 4.69) is 5.32 Å². The maximum Gasteiger partial charge on any atom is 0.317 e. The normalized spacial score (nSPS) is 11.1. The minimum atomic E-state index is -0.163. The summed E-state index contributed by atoms with van der Waals surface area (Å²) in [5, 5.41) is 2.97. The molecule has 112 valence electrons. The zero-order valence-electron chi connectivity index (χ0n) is 13.2. The monoisotopic (exact) mass is 278 g/mol. The number of para-hydroxylation sites is 1. The van der Waals surface area contributed by atoms with Crippen LogP contribution >= 0.6 is 0 Å². The number of rotatable bonds is 5. The first-order valence-electron chi connectivity index (χ1n) is 7.07. The molecule has 0 spiro atoms. The Bertz CT molecular complexity index is 438. The van der Waals surface area contributed by atoms with E-state index in [-0.39, 0.29) is 11.6 Å². The Balaban J connectivity index is 2.54. The molecule has 0 aliphatic carbocycles. The van der Waals surface area contributed by atoms with Crippen LogP contribution in [-0.2, 0) is 6.42 Å². The van der Waals surface area contributed by atoms with E-state index in [4.69, 9.17) is 4.74 Å². The highest BCUT2D eigenvalue weighted by molar-refractivity contribution is 5.74. The fraction of sp³-hybridized carbons (Fsp3) is 0.562. The second kappa shape index (κ2) is 7.17. The summed E-state index contributed by atoms with van der Waals surface area (Å²) < 4.78 is 5.30. The van der Waals surface area contributed by atoms with Crippen molar-refractivity contribution >= 4 is 6.03 Å². The lowest BCUT2D eigenvalue weighted by Crippen LogP contribution is -2.50. The van der Waals surface area contributed by atoms with Crippen molar-refractivity contribution in [3.8, 4) is 5.75 Å². The summed E-state index contributed by atoms with van der Waals surface area (Å²) in [4.78, 5) is 14.0. The Hall–Kier alpha value is -1.71. The third-order valence-electron chi connectivity index (χ3n) is 3.23. The fourth-order valence-corrected chi connectivity index (χ4v) is 2.23. The van der Waals surface area contributed by atoms with E-state index in [1.165, 1.54) is 0 Å². The van der Waals surface area contributed by atoms with Gasteiger partial charge in [0.15, 0.2) is 0 Å². The standard InChI is InChI=1S/C16H26N2O2/c1-6-18(16(2,3)4)15(19)17-12-11-13-9-7-8-10-14(13)20-5/h7-10H,6,11-12H2,1-5H3,(H,17,19). The lowest BCUT2D eigenvalue weighted by Gasteiger charge is -2.34. The maximum atomic E-state index is 12.1. The topological polar surface area (TPSA) is 41.6 Å². The van der Waals surface area contributed by atoms with Crippen molar-refractivity contribution in [2.45, 2.75) is 39.7 Å². The van der Waals surface area contributed by atoms with Gasteiger partial charge in [-0.25, -0.2) is 4.79 Å². The molecule has 0 heterocycles. The molecule has 0 radical (unpaired) electrons. The number of carbonyl (C=O) groups is 1. The predicted octanol–water partition coefficient (Wildman–Crippen LogP) is 3.07. The van der Waals surface area contributed by atoms with E-state index >= 15 is 0 Å². The molecule has 0 aliphatic rings. The van der Waals surface area contributed by atoms with Crippen molar-refractivity contribution in [1.29, 1.82) is 0 Å². The first kappa shape index (κ1) is 16.3. The van der Waals surface area contributed by atoms with Crippen LogP contribution in [-0.4, -0.2) is 36.7 Å². The summed E-state index contributed by atoms with van der Waals surface area (Å²) in [6.45, 7) is 9.41. The van der Waals surface area contributed by atoms with Gasteiger partial charge in [0.2, 0.25) is 0 Å². The molecule has 2 amide bonds. The summed E-state index contributed by atoms with van der Waals surface area (Å²) in [6.07, 6.45) is 0.761. The fourth-order valence-electron chi connectivity index (χ4n) is 2.23. The van der Waals surface area contributed by atoms with Gasteiger partial charge in [0.05, 0.1) is 7.11 Å². The molecule has 1 N–H and O–H groups in total. The molecule has 4 heteroatoms. The Labute approximate surface area is 122 Å². The number of hydrogen-bond donors (Lipinski definition) is 1. The van der Waals surface area contributed by atoms with Crippen LogP contribution in [0, 0.1) is 0 Å². The van der Waals surface area contributed by atoms with Crippen molar-refractivity contribution in [2.24, 2.45) is 0 Å². The van der Waals surface area contributed by atoms with Crippen LogP contribution in [0.4, 0.5) is 4.79 Å². The van der Waals surface area contributed by atoms with Gasteiger partial charge in [0.25, 0.3) is 0 Å². The van der Waals surface area contributed by atoms with Crippen molar-refractivity contribution in [3.63, 3.8) is 0 Å². The van der Waals surface area contributed by atoms with E-state index in [9.17, 15) is 4.79 Å². The van der Waals surface area contributed by atoms with Gasteiger partial charge in [-0.15, -0.1) is 0 Å². The number of ether oxygens (including phenoxy) is 1. The van der Waals surface area contributed by atoms with Crippen LogP contribution in [0.25, 0.3) is 0 Å². The average Bonchev–Trinajstić information content (AvgIpc) is 2.38. The largest absolute Gasteiger partial charge is 0.496 e. The molecular weight excluding hydrogens is 252 g/mol. The zero-order valence-corrected chi connectivity index (χ0v) is 13.2. The molecule has 1 aromatic rings. The molecule has 4 nitrogen and oxygen atoms in total. The minimum Gasteiger partial charge on any atom is -0.496 e. The second-order valence-corrected chi connectivity index (χ2v) is 5.71. The number of nitrogens with zero attached hydrogens (tertiary/aromatic N) is 1. The van der Waals surface area contributed by atoms with Crippen LogP contribution in [0.5, 0.6) is 5.75 Å². The van der Waals surface area contributed by atoms with Crippen molar-refractivity contribution in [3.05, 3.63) is 29.8 Å². The Morgan fingerprint density at radius 2 is 1.95 bits per heavy atom. The highest BCUT2D eigenvalue weighted by Crippen LogP contribution is 2.17. The van der Waals surface area contributed by atoms with Crippen LogP contribution in [0.1, 0.15) is 33.3 Å². The van der Waals surface area contributed by atoms with E-state index in [1.54, 1.807) is 7.11 Å². The maximum absolute atomic E-state index is 12.1. The lowest BCUT2D eigenvalue weighted by atomic mass is 10.1. The molecule has 0 unspecified atom stereocenters. The SMILES string of the molecule is CCN(C(=O)NCCc1ccccc1OC)C(C)(C)C. The molecule has 0 bridgehead atoms. The van der Waals surface area contributed by atoms with Gasteiger partial charge in [-0.2, -0.15) is 0 Å². The van der Waals surface area contributed by atoms with Gasteiger partial charge < -0.3 is 15.0 Å². The van der Waals surface area contributed by atoms with Crippen molar-refractivity contribution < 1.29 is 9.53 Å². The number of urea groups is 1. The van der Waals surface area contributed by atoms with Gasteiger partial charge in [-0.05, 0) is 45.7 Å². The first-order chi connectivity index (χ1) is 9.40. The first-order valence-corrected chi connectivity index (χ1v) is 7.07. The molecule has 1 rings (SSSR count). The Morgan fingerprint density at radius 3 is 2.50 bits per heavy atom. The number of amides is 2. The summed E-state index contributed by atoms with van der Waals surface area (Å²) in [6, 6.07) is 7.86. The molecule has 0 aliphatic heterocycles. The second-order valence-electron chi connectivity index (χ2n) is 5.71. The Morgan fingerprint density at radius 1 is 1.30 bits per heavy atom. The van der Waals surface area contributed by atoms with Gasteiger partial charge >= 0.3 is 6.03 Å². The molecule has 1 aromatic carbocycles. The smallest absolute Gasteiger partial charge is 0.317 e. The number of hydrogen-bond acceptors (Lipinski definition) is 2. The van der Waals surface area contributed by atoms with E-state index in [0.29, 0.717) is 13.1 Å². The van der Waals surface area contributed by atoms with Crippen LogP contribution in [0.3, 0.4) is 0 Å². The third kappa shape index (κ3) is 4.44. The van der Waals surface area contributed by atoms with E-state index in [0.717, 1.165) is 17.7 Å². The van der Waals surface area contributed by atoms with E-state index < -0.39 is 0 Å². The van der Waals surface area contributed by atoms with E-state index in [1.807, 2.05) is 56.9 Å². The zero-order chi connectivity index (χ0) is 15.2. The molecule has 0 atom stereocenters. The summed E-state index contributed by atoms with van der Waals surface area (Å²) in [5.41, 5.74) is 0.942. The third-order valence-corrected chi connectivity index (χ3v) is 3.23. The lowest BCUT2D eigenvalue weighted by molar-refractivity contribution is 0.150.